The predicted molar refractivity (Wildman–Crippen MR) is 72.2 cm³/mol. The number of carboxylic acid groups (broad SMARTS) is 1. The molecular weight excluding hydrogens is 264 g/mol. The lowest BCUT2D eigenvalue weighted by atomic mass is 9.76. The number of nitrogens with zero attached hydrogens (tertiary/aromatic N) is 2. The summed E-state index contributed by atoms with van der Waals surface area (Å²) in [6.07, 6.45) is 2.81. The number of aromatic nitrogens is 1. The summed E-state index contributed by atoms with van der Waals surface area (Å²) in [6.45, 7) is 2.90. The Labute approximate surface area is 116 Å². The maximum Gasteiger partial charge on any atom is 0.311 e. The minimum Gasteiger partial charge on any atom is -0.481 e. The van der Waals surface area contributed by atoms with E-state index in [1.807, 2.05) is 6.92 Å². The van der Waals surface area contributed by atoms with Crippen molar-refractivity contribution in [1.29, 1.82) is 0 Å². The molecule has 1 unspecified atom stereocenters. The van der Waals surface area contributed by atoms with Crippen LogP contribution in [0.5, 0.6) is 0 Å². The maximum absolute atomic E-state index is 12.3. The summed E-state index contributed by atoms with van der Waals surface area (Å²) in [5.41, 5.74) is 1.26. The minimum atomic E-state index is -0.787. The van der Waals surface area contributed by atoms with Crippen LogP contribution in [0, 0.1) is 5.41 Å². The van der Waals surface area contributed by atoms with Crippen LogP contribution in [0.4, 0.5) is 0 Å². The van der Waals surface area contributed by atoms with Crippen LogP contribution in [-0.2, 0) is 4.79 Å². The quantitative estimate of drug-likeness (QED) is 0.919. The molecule has 0 bridgehead atoms. The summed E-state index contributed by atoms with van der Waals surface area (Å²) in [7, 11) is 0. The van der Waals surface area contributed by atoms with Gasteiger partial charge in [0.1, 0.15) is 5.69 Å². The van der Waals surface area contributed by atoms with Crippen LogP contribution in [0.3, 0.4) is 0 Å². The number of likely N-dealkylation sites (tertiary alicyclic amines) is 1. The Morgan fingerprint density at radius 3 is 2.95 bits per heavy atom. The van der Waals surface area contributed by atoms with Gasteiger partial charge < -0.3 is 10.0 Å². The summed E-state index contributed by atoms with van der Waals surface area (Å²) in [5.74, 6) is -0.937. The van der Waals surface area contributed by atoms with E-state index in [4.69, 9.17) is 0 Å². The van der Waals surface area contributed by atoms with E-state index < -0.39 is 11.4 Å². The molecule has 6 heteroatoms. The molecule has 1 aliphatic rings. The van der Waals surface area contributed by atoms with Crippen molar-refractivity contribution in [2.45, 2.75) is 32.6 Å². The molecular formula is C13H18N2O3S. The largest absolute Gasteiger partial charge is 0.481 e. The fourth-order valence-electron chi connectivity index (χ4n) is 2.75. The van der Waals surface area contributed by atoms with Gasteiger partial charge in [0.05, 0.1) is 10.9 Å². The number of carboxylic acids is 1. The molecule has 1 aromatic rings. The first-order valence-corrected chi connectivity index (χ1v) is 7.44. The Bertz CT molecular complexity index is 456. The molecule has 0 radical (unpaired) electrons. The molecule has 5 nitrogen and oxygen atoms in total. The molecule has 0 aliphatic carbocycles. The zero-order valence-corrected chi connectivity index (χ0v) is 11.8. The SMILES string of the molecule is CCCC1(C(=O)O)CCCN(C(=O)c2cscn2)C1. The fraction of sp³-hybridized carbons (Fsp3) is 0.615. The molecule has 19 heavy (non-hydrogen) atoms. The van der Waals surface area contributed by atoms with Crippen molar-refractivity contribution in [2.75, 3.05) is 13.1 Å². The number of rotatable bonds is 4. The second kappa shape index (κ2) is 5.69. The number of hydrogen-bond donors (Lipinski definition) is 1. The van der Waals surface area contributed by atoms with Crippen LogP contribution >= 0.6 is 11.3 Å². The van der Waals surface area contributed by atoms with Gasteiger partial charge in [0, 0.05) is 18.5 Å². The lowest BCUT2D eigenvalue weighted by Gasteiger charge is -2.39. The third-order valence-corrected chi connectivity index (χ3v) is 4.28. The zero-order chi connectivity index (χ0) is 13.9. The number of thiazole rings is 1. The van der Waals surface area contributed by atoms with Gasteiger partial charge >= 0.3 is 5.97 Å². The molecule has 1 aliphatic heterocycles. The molecule has 1 N–H and O–H groups in total. The standard InChI is InChI=1S/C13H18N2O3S/c1-2-4-13(12(17)18)5-3-6-15(8-13)11(16)10-7-19-9-14-10/h7,9H,2-6,8H2,1H3,(H,17,18). The Balaban J connectivity index is 2.16. The highest BCUT2D eigenvalue weighted by molar-refractivity contribution is 7.07. The van der Waals surface area contributed by atoms with Crippen molar-refractivity contribution in [2.24, 2.45) is 5.41 Å². The van der Waals surface area contributed by atoms with Gasteiger partial charge in [0.15, 0.2) is 0 Å². The van der Waals surface area contributed by atoms with E-state index in [-0.39, 0.29) is 5.91 Å². The highest BCUT2D eigenvalue weighted by Crippen LogP contribution is 2.35. The predicted octanol–water partition coefficient (Wildman–Crippen LogP) is 2.25. The number of carbonyl (C=O) groups excluding carboxylic acids is 1. The number of aliphatic carboxylic acids is 1. The minimum absolute atomic E-state index is 0.150. The summed E-state index contributed by atoms with van der Waals surface area (Å²) >= 11 is 1.37. The molecule has 1 amide bonds. The van der Waals surface area contributed by atoms with Gasteiger partial charge in [-0.2, -0.15) is 0 Å². The van der Waals surface area contributed by atoms with Crippen molar-refractivity contribution in [1.82, 2.24) is 9.88 Å². The van der Waals surface area contributed by atoms with E-state index in [0.717, 1.165) is 12.8 Å². The van der Waals surface area contributed by atoms with Gasteiger partial charge in [-0.1, -0.05) is 13.3 Å². The fourth-order valence-corrected chi connectivity index (χ4v) is 3.28. The molecule has 1 aromatic heterocycles. The summed E-state index contributed by atoms with van der Waals surface area (Å²) in [4.78, 5) is 29.5. The molecule has 1 fully saturated rings. The van der Waals surface area contributed by atoms with Crippen molar-refractivity contribution < 1.29 is 14.7 Å². The highest BCUT2D eigenvalue weighted by atomic mass is 32.1. The molecule has 1 atom stereocenters. The lowest BCUT2D eigenvalue weighted by molar-refractivity contribution is -0.152. The van der Waals surface area contributed by atoms with Gasteiger partial charge in [0.2, 0.25) is 0 Å². The normalized spacial score (nSPS) is 23.3. The molecule has 1 saturated heterocycles. The Morgan fingerprint density at radius 2 is 2.37 bits per heavy atom. The first-order valence-electron chi connectivity index (χ1n) is 6.50. The monoisotopic (exact) mass is 282 g/mol. The van der Waals surface area contributed by atoms with Crippen LogP contribution in [0.1, 0.15) is 43.1 Å². The molecule has 2 heterocycles. The molecule has 104 valence electrons. The first-order chi connectivity index (χ1) is 9.09. The number of piperidine rings is 1. The molecule has 2 rings (SSSR count). The second-order valence-corrected chi connectivity index (χ2v) is 5.76. The van der Waals surface area contributed by atoms with Crippen molar-refractivity contribution in [3.63, 3.8) is 0 Å². The number of carbonyl (C=O) groups is 2. The topological polar surface area (TPSA) is 70.5 Å². The highest BCUT2D eigenvalue weighted by Gasteiger charge is 2.43. The maximum atomic E-state index is 12.3. The lowest BCUT2D eigenvalue weighted by Crippen LogP contribution is -2.50. The van der Waals surface area contributed by atoms with Crippen molar-refractivity contribution in [3.8, 4) is 0 Å². The van der Waals surface area contributed by atoms with Gasteiger partial charge in [-0.3, -0.25) is 9.59 Å². The van der Waals surface area contributed by atoms with Crippen molar-refractivity contribution >= 4 is 23.2 Å². The Hall–Kier alpha value is -1.43. The van der Waals surface area contributed by atoms with Crippen LogP contribution in [0.15, 0.2) is 10.9 Å². The summed E-state index contributed by atoms with van der Waals surface area (Å²) in [6, 6.07) is 0. The van der Waals surface area contributed by atoms with Crippen LogP contribution in [0.2, 0.25) is 0 Å². The van der Waals surface area contributed by atoms with Gasteiger partial charge in [-0.05, 0) is 19.3 Å². The Kier molecular flexibility index (Phi) is 4.19. The van der Waals surface area contributed by atoms with Crippen LogP contribution in [0.25, 0.3) is 0 Å². The van der Waals surface area contributed by atoms with E-state index in [1.165, 1.54) is 11.3 Å². The van der Waals surface area contributed by atoms with E-state index in [1.54, 1.807) is 15.8 Å². The Morgan fingerprint density at radius 1 is 1.58 bits per heavy atom. The average molecular weight is 282 g/mol. The molecule has 0 aromatic carbocycles. The first kappa shape index (κ1) is 14.0. The van der Waals surface area contributed by atoms with Gasteiger partial charge in [-0.25, -0.2) is 4.98 Å². The van der Waals surface area contributed by atoms with E-state index in [0.29, 0.717) is 31.6 Å². The van der Waals surface area contributed by atoms with Crippen LogP contribution in [-0.4, -0.2) is 40.0 Å². The second-order valence-electron chi connectivity index (χ2n) is 5.04. The van der Waals surface area contributed by atoms with E-state index in [2.05, 4.69) is 4.98 Å². The summed E-state index contributed by atoms with van der Waals surface area (Å²) < 4.78 is 0. The molecule has 0 spiro atoms. The number of hydrogen-bond acceptors (Lipinski definition) is 4. The number of amides is 1. The van der Waals surface area contributed by atoms with Gasteiger partial charge in [-0.15, -0.1) is 11.3 Å². The third kappa shape index (κ3) is 2.78. The molecule has 0 saturated carbocycles. The van der Waals surface area contributed by atoms with Crippen LogP contribution < -0.4 is 0 Å². The van der Waals surface area contributed by atoms with E-state index >= 15 is 0 Å². The smallest absolute Gasteiger partial charge is 0.311 e. The van der Waals surface area contributed by atoms with E-state index in [9.17, 15) is 14.7 Å². The average Bonchev–Trinajstić information content (AvgIpc) is 2.92. The van der Waals surface area contributed by atoms with Crippen molar-refractivity contribution in [3.05, 3.63) is 16.6 Å². The zero-order valence-electron chi connectivity index (χ0n) is 11.0. The third-order valence-electron chi connectivity index (χ3n) is 3.70. The van der Waals surface area contributed by atoms with Gasteiger partial charge in [0.25, 0.3) is 5.91 Å². The summed E-state index contributed by atoms with van der Waals surface area (Å²) in [5, 5.41) is 11.2.